The molecule has 1 aromatic carbocycles. The predicted octanol–water partition coefficient (Wildman–Crippen LogP) is 3.58. The lowest BCUT2D eigenvalue weighted by Crippen LogP contribution is -2.55. The van der Waals surface area contributed by atoms with Gasteiger partial charge < -0.3 is 10.2 Å². The minimum atomic E-state index is -0.786. The largest absolute Gasteiger partial charge is 0.368 e. The zero-order valence-electron chi connectivity index (χ0n) is 19.8. The van der Waals surface area contributed by atoms with Gasteiger partial charge in [-0.15, -0.1) is 0 Å². The number of imidazole rings is 1. The zero-order chi connectivity index (χ0) is 24.4. The molecule has 1 spiro atoms. The first-order chi connectivity index (χ1) is 17.5. The number of nitrogens with zero attached hydrogens (tertiary/aromatic N) is 4. The van der Waals surface area contributed by atoms with Gasteiger partial charge >= 0.3 is 0 Å². The van der Waals surface area contributed by atoms with E-state index in [2.05, 4.69) is 20.5 Å². The first-order valence-corrected chi connectivity index (χ1v) is 12.6. The molecule has 1 amide bonds. The molecule has 0 bridgehead atoms. The first kappa shape index (κ1) is 21.5. The second-order valence-corrected chi connectivity index (χ2v) is 10.8. The lowest BCUT2D eigenvalue weighted by atomic mass is 9.49. The fraction of sp³-hybridized carbons (Fsp3) is 0.407. The predicted molar refractivity (Wildman–Crippen MR) is 134 cm³/mol. The molecule has 2 N–H and O–H groups in total. The number of pyridine rings is 1. The van der Waals surface area contributed by atoms with Crippen molar-refractivity contribution in [3.05, 3.63) is 70.5 Å². The van der Waals surface area contributed by atoms with Gasteiger partial charge in [-0.25, -0.2) is 14.5 Å². The van der Waals surface area contributed by atoms with Gasteiger partial charge in [0.15, 0.2) is 0 Å². The van der Waals surface area contributed by atoms with E-state index in [0.29, 0.717) is 42.2 Å². The van der Waals surface area contributed by atoms with Gasteiger partial charge in [0.2, 0.25) is 0 Å². The molecule has 4 heterocycles. The van der Waals surface area contributed by atoms with Crippen molar-refractivity contribution in [2.24, 2.45) is 5.41 Å². The Bertz CT molecular complexity index is 1550. The molecule has 3 fully saturated rings. The number of amides is 1. The number of H-pyrrole nitrogens is 1. The molecule has 0 unspecified atom stereocenters. The van der Waals surface area contributed by atoms with Crippen molar-refractivity contribution in [3.63, 3.8) is 0 Å². The number of nitrogens with one attached hydrogen (secondary N) is 2. The smallest absolute Gasteiger partial charge is 0.272 e. The molecule has 2 aliphatic carbocycles. The van der Waals surface area contributed by atoms with E-state index in [4.69, 9.17) is 0 Å². The van der Waals surface area contributed by atoms with Gasteiger partial charge in [-0.2, -0.15) is 5.10 Å². The average Bonchev–Trinajstić information content (AvgIpc) is 3.46. The van der Waals surface area contributed by atoms with Gasteiger partial charge in [0.05, 0.1) is 17.3 Å². The molecule has 7 rings (SSSR count). The van der Waals surface area contributed by atoms with E-state index >= 15 is 0 Å². The van der Waals surface area contributed by atoms with Crippen LogP contribution in [0.15, 0.2) is 53.6 Å². The van der Waals surface area contributed by atoms with Crippen molar-refractivity contribution in [3.8, 4) is 0 Å². The Labute approximate surface area is 206 Å². The summed E-state index contributed by atoms with van der Waals surface area (Å²) in [4.78, 5) is 31.5. The Morgan fingerprint density at radius 1 is 1.14 bits per heavy atom. The van der Waals surface area contributed by atoms with E-state index < -0.39 is 6.17 Å². The number of anilines is 1. The minimum Gasteiger partial charge on any atom is -0.368 e. The van der Waals surface area contributed by atoms with Crippen LogP contribution in [0.4, 0.5) is 10.1 Å². The highest BCUT2D eigenvalue weighted by Crippen LogP contribution is 2.62. The molecule has 4 aromatic rings. The standard InChI is InChI=1S/C27H27FN6O2/c28-17-5-7-33(15-17)19-6-8-34-22(14-29-23(34)9-19)26(36)30-18-12-27(13-18)10-16(11-27)24-20-3-1-2-4-21(20)25(35)32-31-24/h1-4,6,8-9,14,16-18H,5,7,10-13,15H2,(H,30,36)(H,32,35)/t16-,17-,18-,27?/m0/s1. The normalized spacial score (nSPS) is 27.4. The van der Waals surface area contributed by atoms with Crippen LogP contribution in [-0.4, -0.2) is 50.8 Å². The van der Waals surface area contributed by atoms with Crippen LogP contribution < -0.4 is 15.8 Å². The van der Waals surface area contributed by atoms with Crippen molar-refractivity contribution in [1.29, 1.82) is 0 Å². The fourth-order valence-electron chi connectivity index (χ4n) is 6.59. The second-order valence-electron chi connectivity index (χ2n) is 10.8. The summed E-state index contributed by atoms with van der Waals surface area (Å²) in [7, 11) is 0. The quantitative estimate of drug-likeness (QED) is 0.460. The van der Waals surface area contributed by atoms with E-state index in [0.717, 1.165) is 42.5 Å². The molecule has 3 aliphatic rings. The lowest BCUT2D eigenvalue weighted by molar-refractivity contribution is -0.0197. The molecular formula is C27H27FN6O2. The molecule has 1 aliphatic heterocycles. The molecule has 1 saturated heterocycles. The molecule has 3 aromatic heterocycles. The van der Waals surface area contributed by atoms with E-state index in [1.54, 1.807) is 10.6 Å². The van der Waals surface area contributed by atoms with Crippen LogP contribution in [-0.2, 0) is 0 Å². The zero-order valence-corrected chi connectivity index (χ0v) is 19.8. The maximum Gasteiger partial charge on any atom is 0.272 e. The van der Waals surface area contributed by atoms with E-state index in [1.807, 2.05) is 47.5 Å². The molecule has 2 saturated carbocycles. The van der Waals surface area contributed by atoms with E-state index in [9.17, 15) is 14.0 Å². The topological polar surface area (TPSA) is 95.4 Å². The van der Waals surface area contributed by atoms with Gasteiger partial charge in [-0.1, -0.05) is 18.2 Å². The monoisotopic (exact) mass is 486 g/mol. The number of aromatic amines is 1. The molecule has 9 heteroatoms. The Balaban J connectivity index is 0.992. The summed E-state index contributed by atoms with van der Waals surface area (Å²) in [5.41, 5.74) is 3.21. The van der Waals surface area contributed by atoms with E-state index in [1.165, 1.54) is 0 Å². The SMILES string of the molecule is O=C(N[C@H]1CC2(C1)C[C@H](c1n[nH]c(=O)c3ccccc31)C2)c1cnc2cc(N3CC[C@H](F)C3)ccn12. The van der Waals surface area contributed by atoms with Gasteiger partial charge in [0.25, 0.3) is 11.5 Å². The van der Waals surface area contributed by atoms with Gasteiger partial charge in [-0.3, -0.25) is 14.0 Å². The molecule has 1 atom stereocenters. The summed E-state index contributed by atoms with van der Waals surface area (Å²) in [6.45, 7) is 1.10. The average molecular weight is 487 g/mol. The second kappa shape index (κ2) is 7.88. The highest BCUT2D eigenvalue weighted by molar-refractivity contribution is 5.93. The minimum absolute atomic E-state index is 0.121. The first-order valence-electron chi connectivity index (χ1n) is 12.6. The third-order valence-electron chi connectivity index (χ3n) is 8.39. The third-order valence-corrected chi connectivity index (χ3v) is 8.39. The number of hydrogen-bond donors (Lipinski definition) is 2. The Morgan fingerprint density at radius 2 is 1.94 bits per heavy atom. The van der Waals surface area contributed by atoms with Gasteiger partial charge in [0, 0.05) is 48.4 Å². The number of alkyl halides is 1. The number of carbonyl (C=O) groups excluding carboxylic acids is 1. The van der Waals surface area contributed by atoms with Crippen molar-refractivity contribution in [1.82, 2.24) is 24.9 Å². The number of halogens is 1. The Morgan fingerprint density at radius 3 is 2.72 bits per heavy atom. The van der Waals surface area contributed by atoms with Crippen LogP contribution in [0.3, 0.4) is 0 Å². The van der Waals surface area contributed by atoms with Crippen LogP contribution in [0, 0.1) is 5.41 Å². The third kappa shape index (κ3) is 3.40. The molecule has 184 valence electrons. The summed E-state index contributed by atoms with van der Waals surface area (Å²) >= 11 is 0. The van der Waals surface area contributed by atoms with Crippen LogP contribution in [0.2, 0.25) is 0 Å². The number of fused-ring (bicyclic) bond motifs is 2. The van der Waals surface area contributed by atoms with Crippen molar-refractivity contribution in [2.75, 3.05) is 18.0 Å². The summed E-state index contributed by atoms with van der Waals surface area (Å²) in [5, 5.41) is 11.8. The maximum absolute atomic E-state index is 13.6. The van der Waals surface area contributed by atoms with Crippen LogP contribution in [0.25, 0.3) is 16.4 Å². The molecular weight excluding hydrogens is 459 g/mol. The number of hydrogen-bond acceptors (Lipinski definition) is 5. The summed E-state index contributed by atoms with van der Waals surface area (Å²) in [5.74, 6) is 0.212. The highest BCUT2D eigenvalue weighted by atomic mass is 19.1. The van der Waals surface area contributed by atoms with Crippen molar-refractivity contribution >= 4 is 28.0 Å². The van der Waals surface area contributed by atoms with E-state index in [-0.39, 0.29) is 22.9 Å². The Kier molecular flexibility index (Phi) is 4.71. The van der Waals surface area contributed by atoms with Gasteiger partial charge in [0.1, 0.15) is 17.5 Å². The molecule has 8 nitrogen and oxygen atoms in total. The Hall–Kier alpha value is -3.75. The van der Waals surface area contributed by atoms with Crippen molar-refractivity contribution < 1.29 is 9.18 Å². The summed E-state index contributed by atoms with van der Waals surface area (Å²) in [6.07, 6.45) is 7.18. The number of aromatic nitrogens is 4. The fourth-order valence-corrected chi connectivity index (χ4v) is 6.59. The maximum atomic E-state index is 13.6. The van der Waals surface area contributed by atoms with Crippen LogP contribution in [0.1, 0.15) is 54.2 Å². The van der Waals surface area contributed by atoms with Crippen molar-refractivity contribution in [2.45, 2.75) is 50.2 Å². The number of carbonyl (C=O) groups is 1. The number of benzene rings is 1. The van der Waals surface area contributed by atoms with Crippen LogP contribution >= 0.6 is 0 Å². The summed E-state index contributed by atoms with van der Waals surface area (Å²) in [6, 6.07) is 11.6. The molecule has 36 heavy (non-hydrogen) atoms. The molecule has 0 radical (unpaired) electrons. The number of rotatable bonds is 4. The van der Waals surface area contributed by atoms with Gasteiger partial charge in [-0.05, 0) is 49.7 Å². The highest BCUT2D eigenvalue weighted by Gasteiger charge is 2.54. The lowest BCUT2D eigenvalue weighted by Gasteiger charge is -2.57. The summed E-state index contributed by atoms with van der Waals surface area (Å²) < 4.78 is 15.4. The van der Waals surface area contributed by atoms with Crippen LogP contribution in [0.5, 0.6) is 0 Å².